The second kappa shape index (κ2) is 7.67. The van der Waals surface area contributed by atoms with Crippen molar-refractivity contribution in [1.29, 1.82) is 0 Å². The third kappa shape index (κ3) is 4.60. The number of rotatable bonds is 6. The lowest BCUT2D eigenvalue weighted by Crippen LogP contribution is -2.49. The Bertz CT molecular complexity index is 311. The van der Waals surface area contributed by atoms with Gasteiger partial charge < -0.3 is 4.90 Å². The van der Waals surface area contributed by atoms with Gasteiger partial charge in [0, 0.05) is 56.3 Å². The van der Waals surface area contributed by atoms with Crippen molar-refractivity contribution in [3.05, 3.63) is 0 Å². The first-order valence-corrected chi connectivity index (χ1v) is 10.2. The molecule has 122 valence electrons. The zero-order valence-corrected chi connectivity index (χ0v) is 14.8. The molecule has 4 heteroatoms. The van der Waals surface area contributed by atoms with E-state index in [2.05, 4.69) is 40.3 Å². The Morgan fingerprint density at radius 3 is 2.43 bits per heavy atom. The Kier molecular flexibility index (Phi) is 5.88. The van der Waals surface area contributed by atoms with Gasteiger partial charge in [-0.3, -0.25) is 9.80 Å². The second-order valence-corrected chi connectivity index (χ2v) is 8.49. The first-order chi connectivity index (χ1) is 10.2. The SMILES string of the molecule is CC(C)N1CCN(CCCN2CCSC[C@@H]2C2CC2)CC1. The summed E-state index contributed by atoms with van der Waals surface area (Å²) in [5.41, 5.74) is 0. The molecule has 2 heterocycles. The molecule has 0 aromatic heterocycles. The molecule has 0 radical (unpaired) electrons. The summed E-state index contributed by atoms with van der Waals surface area (Å²) < 4.78 is 0. The van der Waals surface area contributed by atoms with Crippen molar-refractivity contribution in [2.75, 3.05) is 57.3 Å². The van der Waals surface area contributed by atoms with Crippen molar-refractivity contribution >= 4 is 11.8 Å². The van der Waals surface area contributed by atoms with Crippen molar-refractivity contribution in [3.8, 4) is 0 Å². The van der Waals surface area contributed by atoms with Crippen molar-refractivity contribution in [1.82, 2.24) is 14.7 Å². The second-order valence-electron chi connectivity index (χ2n) is 7.34. The van der Waals surface area contributed by atoms with Crippen LogP contribution in [-0.4, -0.2) is 84.1 Å². The van der Waals surface area contributed by atoms with E-state index in [4.69, 9.17) is 0 Å². The Morgan fingerprint density at radius 2 is 1.76 bits per heavy atom. The number of hydrogen-bond donors (Lipinski definition) is 0. The highest BCUT2D eigenvalue weighted by Gasteiger charge is 2.36. The normalized spacial score (nSPS) is 30.1. The van der Waals surface area contributed by atoms with Gasteiger partial charge in [0.15, 0.2) is 0 Å². The standard InChI is InChI=1S/C17H33N3S/c1-15(2)19-10-8-18(9-11-19)6-3-7-20-12-13-21-14-17(20)16-4-5-16/h15-17H,3-14H2,1-2H3/t17-/m1/s1. The lowest BCUT2D eigenvalue weighted by molar-refractivity contribution is 0.102. The van der Waals surface area contributed by atoms with Crippen LogP contribution in [0.25, 0.3) is 0 Å². The first kappa shape index (κ1) is 16.1. The summed E-state index contributed by atoms with van der Waals surface area (Å²) >= 11 is 2.18. The molecular weight excluding hydrogens is 278 g/mol. The van der Waals surface area contributed by atoms with Crippen LogP contribution in [0.15, 0.2) is 0 Å². The predicted octanol–water partition coefficient (Wildman–Crippen LogP) is 2.23. The summed E-state index contributed by atoms with van der Waals surface area (Å²) in [7, 11) is 0. The number of hydrogen-bond acceptors (Lipinski definition) is 4. The van der Waals surface area contributed by atoms with Crippen LogP contribution >= 0.6 is 11.8 Å². The van der Waals surface area contributed by atoms with E-state index in [1.165, 1.54) is 76.6 Å². The molecular formula is C17H33N3S. The highest BCUT2D eigenvalue weighted by molar-refractivity contribution is 7.99. The molecule has 3 aliphatic rings. The average molecular weight is 312 g/mol. The van der Waals surface area contributed by atoms with Crippen molar-refractivity contribution < 1.29 is 0 Å². The van der Waals surface area contributed by atoms with Crippen LogP contribution in [-0.2, 0) is 0 Å². The maximum Gasteiger partial charge on any atom is 0.0214 e. The minimum atomic E-state index is 0.720. The molecule has 0 N–H and O–H groups in total. The summed E-state index contributed by atoms with van der Waals surface area (Å²) in [6, 6.07) is 1.64. The predicted molar refractivity (Wildman–Crippen MR) is 93.2 cm³/mol. The molecule has 3 rings (SSSR count). The lowest BCUT2D eigenvalue weighted by Gasteiger charge is -2.38. The third-order valence-corrected chi connectivity index (χ3v) is 6.55. The molecule has 0 unspecified atom stereocenters. The topological polar surface area (TPSA) is 9.72 Å². The minimum Gasteiger partial charge on any atom is -0.301 e. The molecule has 1 saturated carbocycles. The maximum atomic E-state index is 2.82. The van der Waals surface area contributed by atoms with E-state index in [1.807, 2.05) is 0 Å². The minimum absolute atomic E-state index is 0.720. The van der Waals surface area contributed by atoms with Crippen LogP contribution in [0.1, 0.15) is 33.1 Å². The van der Waals surface area contributed by atoms with Gasteiger partial charge in [0.05, 0.1) is 0 Å². The highest BCUT2D eigenvalue weighted by atomic mass is 32.2. The summed E-state index contributed by atoms with van der Waals surface area (Å²) in [6.45, 7) is 13.7. The quantitative estimate of drug-likeness (QED) is 0.744. The molecule has 0 bridgehead atoms. The van der Waals surface area contributed by atoms with Gasteiger partial charge in [-0.15, -0.1) is 0 Å². The fourth-order valence-electron chi connectivity index (χ4n) is 3.85. The summed E-state index contributed by atoms with van der Waals surface area (Å²) in [5, 5.41) is 0. The maximum absolute atomic E-state index is 2.82. The Morgan fingerprint density at radius 1 is 1.00 bits per heavy atom. The fraction of sp³-hybridized carbons (Fsp3) is 1.00. The van der Waals surface area contributed by atoms with E-state index in [0.29, 0.717) is 0 Å². The monoisotopic (exact) mass is 311 g/mol. The zero-order valence-electron chi connectivity index (χ0n) is 14.0. The van der Waals surface area contributed by atoms with Gasteiger partial charge >= 0.3 is 0 Å². The van der Waals surface area contributed by atoms with E-state index >= 15 is 0 Å². The summed E-state index contributed by atoms with van der Waals surface area (Å²) in [6.07, 6.45) is 4.37. The van der Waals surface area contributed by atoms with Gasteiger partial charge in [-0.1, -0.05) is 0 Å². The number of nitrogens with zero attached hydrogens (tertiary/aromatic N) is 3. The third-order valence-electron chi connectivity index (χ3n) is 5.50. The van der Waals surface area contributed by atoms with Crippen LogP contribution in [0, 0.1) is 5.92 Å². The fourth-order valence-corrected chi connectivity index (χ4v) is 5.11. The van der Waals surface area contributed by atoms with E-state index in [9.17, 15) is 0 Å². The van der Waals surface area contributed by atoms with Crippen LogP contribution in [0.3, 0.4) is 0 Å². The van der Waals surface area contributed by atoms with E-state index in [-0.39, 0.29) is 0 Å². The van der Waals surface area contributed by atoms with Crippen LogP contribution in [0.2, 0.25) is 0 Å². The van der Waals surface area contributed by atoms with Crippen molar-refractivity contribution in [3.63, 3.8) is 0 Å². The van der Waals surface area contributed by atoms with Gasteiger partial charge in [-0.2, -0.15) is 11.8 Å². The van der Waals surface area contributed by atoms with Gasteiger partial charge in [0.1, 0.15) is 0 Å². The average Bonchev–Trinajstić information content (AvgIpc) is 3.33. The van der Waals surface area contributed by atoms with E-state index in [0.717, 1.165) is 18.0 Å². The van der Waals surface area contributed by atoms with Crippen molar-refractivity contribution in [2.45, 2.75) is 45.2 Å². The smallest absolute Gasteiger partial charge is 0.0214 e. The van der Waals surface area contributed by atoms with E-state index in [1.54, 1.807) is 0 Å². The van der Waals surface area contributed by atoms with Crippen molar-refractivity contribution in [2.24, 2.45) is 5.92 Å². The van der Waals surface area contributed by atoms with Crippen LogP contribution < -0.4 is 0 Å². The number of piperazine rings is 1. The molecule has 0 aromatic carbocycles. The molecule has 1 atom stereocenters. The highest BCUT2D eigenvalue weighted by Crippen LogP contribution is 2.38. The van der Waals surface area contributed by atoms with Gasteiger partial charge in [-0.05, 0) is 52.1 Å². The van der Waals surface area contributed by atoms with Gasteiger partial charge in [0.25, 0.3) is 0 Å². The molecule has 3 fully saturated rings. The van der Waals surface area contributed by atoms with Crippen LogP contribution in [0.4, 0.5) is 0 Å². The molecule has 3 nitrogen and oxygen atoms in total. The molecule has 2 saturated heterocycles. The first-order valence-electron chi connectivity index (χ1n) is 9.02. The Hall–Kier alpha value is 0.230. The molecule has 2 aliphatic heterocycles. The molecule has 21 heavy (non-hydrogen) atoms. The largest absolute Gasteiger partial charge is 0.301 e. The van der Waals surface area contributed by atoms with E-state index < -0.39 is 0 Å². The Balaban J connectivity index is 1.34. The summed E-state index contributed by atoms with van der Waals surface area (Å²) in [4.78, 5) is 8.11. The molecule has 0 amide bonds. The molecule has 1 aliphatic carbocycles. The lowest BCUT2D eigenvalue weighted by atomic mass is 10.1. The summed E-state index contributed by atoms with van der Waals surface area (Å²) in [5.74, 6) is 3.81. The number of thioether (sulfide) groups is 1. The Labute approximate surface area is 135 Å². The van der Waals surface area contributed by atoms with Gasteiger partial charge in [-0.25, -0.2) is 0 Å². The van der Waals surface area contributed by atoms with Gasteiger partial charge in [0.2, 0.25) is 0 Å². The zero-order chi connectivity index (χ0) is 14.7. The van der Waals surface area contributed by atoms with Crippen LogP contribution in [0.5, 0.6) is 0 Å². The molecule has 0 aromatic rings. The molecule has 0 spiro atoms.